The zero-order valence-electron chi connectivity index (χ0n) is 17.2. The summed E-state index contributed by atoms with van der Waals surface area (Å²) in [5.74, 6) is -0.454. The van der Waals surface area contributed by atoms with Crippen LogP contribution in [0.4, 0.5) is 4.39 Å². The van der Waals surface area contributed by atoms with Gasteiger partial charge in [-0.3, -0.25) is 9.59 Å². The molecule has 6 nitrogen and oxygen atoms in total. The van der Waals surface area contributed by atoms with E-state index in [-0.39, 0.29) is 24.1 Å². The van der Waals surface area contributed by atoms with Crippen LogP contribution in [0.15, 0.2) is 42.5 Å². The number of halogens is 1. The first kappa shape index (κ1) is 19.8. The van der Waals surface area contributed by atoms with Crippen LogP contribution in [0.1, 0.15) is 27.2 Å². The van der Waals surface area contributed by atoms with Crippen molar-refractivity contribution in [3.8, 4) is 0 Å². The molecular formula is C24H24FN3O3. The van der Waals surface area contributed by atoms with Gasteiger partial charge in [0.2, 0.25) is 5.91 Å². The number of rotatable bonds is 3. The summed E-state index contributed by atoms with van der Waals surface area (Å²) in [5, 5.41) is 1.04. The number of aromatic nitrogens is 1. The lowest BCUT2D eigenvalue weighted by atomic mass is 10.0. The molecule has 5 rings (SSSR count). The highest BCUT2D eigenvalue weighted by molar-refractivity contribution is 6.07. The highest BCUT2D eigenvalue weighted by Crippen LogP contribution is 2.30. The largest absolute Gasteiger partial charge is 0.378 e. The van der Waals surface area contributed by atoms with Crippen LogP contribution in [0, 0.1) is 5.82 Å². The van der Waals surface area contributed by atoms with Crippen LogP contribution >= 0.6 is 0 Å². The van der Waals surface area contributed by atoms with E-state index in [4.69, 9.17) is 4.74 Å². The van der Waals surface area contributed by atoms with Crippen LogP contribution in [-0.4, -0.2) is 59.4 Å². The number of hydrogen-bond donors (Lipinski definition) is 1. The molecule has 0 aliphatic carbocycles. The average molecular weight is 421 g/mol. The summed E-state index contributed by atoms with van der Waals surface area (Å²) in [6.45, 7) is 3.31. The molecule has 31 heavy (non-hydrogen) atoms. The Morgan fingerprint density at radius 1 is 1.00 bits per heavy atom. The third-order valence-corrected chi connectivity index (χ3v) is 6.19. The van der Waals surface area contributed by atoms with Gasteiger partial charge < -0.3 is 19.5 Å². The Hall–Kier alpha value is -3.19. The first-order valence-corrected chi connectivity index (χ1v) is 10.6. The molecule has 1 saturated heterocycles. The van der Waals surface area contributed by atoms with E-state index in [1.165, 1.54) is 6.07 Å². The van der Waals surface area contributed by atoms with Crippen LogP contribution in [0.3, 0.4) is 0 Å². The van der Waals surface area contributed by atoms with Crippen molar-refractivity contribution < 1.29 is 18.7 Å². The minimum atomic E-state index is -0.356. The second-order valence-electron chi connectivity index (χ2n) is 8.05. The van der Waals surface area contributed by atoms with E-state index < -0.39 is 0 Å². The zero-order chi connectivity index (χ0) is 21.4. The van der Waals surface area contributed by atoms with E-state index >= 15 is 0 Å². The maximum Gasteiger partial charge on any atom is 0.256 e. The van der Waals surface area contributed by atoms with Gasteiger partial charge in [0.25, 0.3) is 5.91 Å². The second kappa shape index (κ2) is 8.15. The molecule has 0 spiro atoms. The number of para-hydroxylation sites is 1. The standard InChI is InChI=1S/C24H24FN3O3/c25-20-7-2-1-4-16(20)14-22(29)28-9-8-17-18-5-3-6-19(23(18)26-21(17)15-28)24(30)27-10-12-31-13-11-27/h1-7,26H,8-15H2. The fourth-order valence-electron chi connectivity index (χ4n) is 4.51. The van der Waals surface area contributed by atoms with Gasteiger partial charge in [0.15, 0.2) is 0 Å². The molecule has 2 aliphatic heterocycles. The number of nitrogens with zero attached hydrogens (tertiary/aromatic N) is 2. The molecule has 0 unspecified atom stereocenters. The van der Waals surface area contributed by atoms with E-state index in [0.717, 1.165) is 22.2 Å². The SMILES string of the molecule is O=C(Cc1ccccc1F)N1CCc2c([nH]c3c(C(=O)N4CCOCC4)cccc23)C1. The Morgan fingerprint density at radius 2 is 1.81 bits per heavy atom. The van der Waals surface area contributed by atoms with Crippen LogP contribution in [-0.2, 0) is 28.9 Å². The average Bonchev–Trinajstić information content (AvgIpc) is 3.18. The van der Waals surface area contributed by atoms with Gasteiger partial charge in [0, 0.05) is 30.7 Å². The summed E-state index contributed by atoms with van der Waals surface area (Å²) in [5.41, 5.74) is 3.99. The van der Waals surface area contributed by atoms with Crippen LogP contribution in [0.5, 0.6) is 0 Å². The minimum Gasteiger partial charge on any atom is -0.378 e. The minimum absolute atomic E-state index is 0.0000164. The molecule has 160 valence electrons. The monoisotopic (exact) mass is 421 g/mol. The molecule has 1 fully saturated rings. The second-order valence-corrected chi connectivity index (χ2v) is 8.05. The number of morpholine rings is 1. The summed E-state index contributed by atoms with van der Waals surface area (Å²) in [7, 11) is 0. The summed E-state index contributed by atoms with van der Waals surface area (Å²) in [6.07, 6.45) is 0.747. The van der Waals surface area contributed by atoms with Gasteiger partial charge >= 0.3 is 0 Å². The summed E-state index contributed by atoms with van der Waals surface area (Å²) in [6, 6.07) is 12.2. The number of H-pyrrole nitrogens is 1. The Morgan fingerprint density at radius 3 is 2.61 bits per heavy atom. The molecule has 1 N–H and O–H groups in total. The lowest BCUT2D eigenvalue weighted by molar-refractivity contribution is -0.131. The van der Waals surface area contributed by atoms with Crippen molar-refractivity contribution in [3.05, 3.63) is 70.7 Å². The fourth-order valence-corrected chi connectivity index (χ4v) is 4.51. The molecule has 1 aromatic heterocycles. The number of carbonyl (C=O) groups is 2. The lowest BCUT2D eigenvalue weighted by Crippen LogP contribution is -2.40. The first-order chi connectivity index (χ1) is 15.1. The molecule has 2 amide bonds. The van der Waals surface area contributed by atoms with E-state index in [9.17, 15) is 14.0 Å². The number of ether oxygens (including phenoxy) is 1. The highest BCUT2D eigenvalue weighted by atomic mass is 19.1. The van der Waals surface area contributed by atoms with Crippen LogP contribution in [0.2, 0.25) is 0 Å². The molecule has 3 aromatic rings. The fraction of sp³-hybridized carbons (Fsp3) is 0.333. The Bertz CT molecular complexity index is 1150. The number of benzene rings is 2. The number of nitrogens with one attached hydrogen (secondary N) is 1. The van der Waals surface area contributed by atoms with E-state index in [2.05, 4.69) is 4.98 Å². The van der Waals surface area contributed by atoms with Crippen molar-refractivity contribution in [2.24, 2.45) is 0 Å². The first-order valence-electron chi connectivity index (χ1n) is 10.6. The van der Waals surface area contributed by atoms with Gasteiger partial charge in [-0.2, -0.15) is 0 Å². The Balaban J connectivity index is 1.40. The zero-order valence-corrected chi connectivity index (χ0v) is 17.2. The molecule has 2 aromatic carbocycles. The maximum absolute atomic E-state index is 13.9. The molecule has 3 heterocycles. The number of fused-ring (bicyclic) bond motifs is 3. The molecule has 0 radical (unpaired) electrons. The highest BCUT2D eigenvalue weighted by Gasteiger charge is 2.27. The molecule has 0 atom stereocenters. The van der Waals surface area contributed by atoms with Gasteiger partial charge in [0.05, 0.1) is 37.3 Å². The Labute approximate surface area is 179 Å². The van der Waals surface area contributed by atoms with E-state index in [1.807, 2.05) is 23.1 Å². The van der Waals surface area contributed by atoms with E-state index in [1.54, 1.807) is 23.1 Å². The predicted molar refractivity (Wildman–Crippen MR) is 114 cm³/mol. The summed E-state index contributed by atoms with van der Waals surface area (Å²) < 4.78 is 19.3. The summed E-state index contributed by atoms with van der Waals surface area (Å²) >= 11 is 0. The molecule has 0 saturated carbocycles. The lowest BCUT2D eigenvalue weighted by Gasteiger charge is -2.27. The molecule has 2 aliphatic rings. The van der Waals surface area contributed by atoms with Crippen molar-refractivity contribution in [2.75, 3.05) is 32.8 Å². The number of aromatic amines is 1. The third kappa shape index (κ3) is 3.70. The van der Waals surface area contributed by atoms with Crippen LogP contribution in [0.25, 0.3) is 10.9 Å². The van der Waals surface area contributed by atoms with Crippen molar-refractivity contribution in [1.29, 1.82) is 0 Å². The van der Waals surface area contributed by atoms with Crippen molar-refractivity contribution >= 4 is 22.7 Å². The van der Waals surface area contributed by atoms with Crippen LogP contribution < -0.4 is 0 Å². The van der Waals surface area contributed by atoms with Gasteiger partial charge in [-0.1, -0.05) is 30.3 Å². The maximum atomic E-state index is 13.9. The molecular weight excluding hydrogens is 397 g/mol. The van der Waals surface area contributed by atoms with Gasteiger partial charge in [-0.05, 0) is 29.7 Å². The third-order valence-electron chi connectivity index (χ3n) is 6.19. The van der Waals surface area contributed by atoms with Crippen molar-refractivity contribution in [2.45, 2.75) is 19.4 Å². The number of hydrogen-bond acceptors (Lipinski definition) is 3. The smallest absolute Gasteiger partial charge is 0.256 e. The van der Waals surface area contributed by atoms with E-state index in [0.29, 0.717) is 56.9 Å². The van der Waals surface area contributed by atoms with Gasteiger partial charge in [-0.15, -0.1) is 0 Å². The normalized spacial score (nSPS) is 16.4. The number of carbonyl (C=O) groups excluding carboxylic acids is 2. The quantitative estimate of drug-likeness (QED) is 0.707. The van der Waals surface area contributed by atoms with Crippen molar-refractivity contribution in [1.82, 2.24) is 14.8 Å². The Kier molecular flexibility index (Phi) is 5.19. The number of amides is 2. The van der Waals surface area contributed by atoms with Gasteiger partial charge in [-0.25, -0.2) is 4.39 Å². The van der Waals surface area contributed by atoms with Crippen molar-refractivity contribution in [3.63, 3.8) is 0 Å². The summed E-state index contributed by atoms with van der Waals surface area (Å²) in [4.78, 5) is 32.9. The predicted octanol–water partition coefficient (Wildman–Crippen LogP) is 2.91. The topological polar surface area (TPSA) is 65.6 Å². The molecule has 0 bridgehead atoms. The van der Waals surface area contributed by atoms with Gasteiger partial charge in [0.1, 0.15) is 5.82 Å². The molecule has 7 heteroatoms.